The van der Waals surface area contributed by atoms with Gasteiger partial charge in [-0.1, -0.05) is 12.1 Å². The molecule has 0 radical (unpaired) electrons. The van der Waals surface area contributed by atoms with E-state index in [9.17, 15) is 9.59 Å². The number of nitrogens with one attached hydrogen (secondary N) is 1. The SMILES string of the molecule is COc1ccc(CNC(=O)[C@H](C)OC(=O)c2cc(OC)ccc2OC)cc1. The third kappa shape index (κ3) is 5.37. The highest BCUT2D eigenvalue weighted by molar-refractivity contribution is 5.95. The highest BCUT2D eigenvalue weighted by Crippen LogP contribution is 2.25. The van der Waals surface area contributed by atoms with Crippen molar-refractivity contribution in [2.45, 2.75) is 19.6 Å². The van der Waals surface area contributed by atoms with Gasteiger partial charge < -0.3 is 24.3 Å². The summed E-state index contributed by atoms with van der Waals surface area (Å²) in [5, 5.41) is 2.73. The lowest BCUT2D eigenvalue weighted by atomic mass is 10.2. The van der Waals surface area contributed by atoms with E-state index in [0.29, 0.717) is 18.0 Å². The summed E-state index contributed by atoms with van der Waals surface area (Å²) in [5.41, 5.74) is 1.09. The molecule has 0 heterocycles. The minimum atomic E-state index is -0.966. The van der Waals surface area contributed by atoms with E-state index in [1.807, 2.05) is 12.1 Å². The second-order valence-electron chi connectivity index (χ2n) is 5.68. The van der Waals surface area contributed by atoms with Crippen molar-refractivity contribution in [2.75, 3.05) is 21.3 Å². The summed E-state index contributed by atoms with van der Waals surface area (Å²) in [6.07, 6.45) is -0.966. The van der Waals surface area contributed by atoms with Crippen LogP contribution in [0.2, 0.25) is 0 Å². The van der Waals surface area contributed by atoms with E-state index in [1.54, 1.807) is 31.4 Å². The molecule has 1 N–H and O–H groups in total. The average molecular weight is 373 g/mol. The average Bonchev–Trinajstić information content (AvgIpc) is 2.71. The molecule has 0 aromatic heterocycles. The molecule has 2 rings (SSSR count). The number of benzene rings is 2. The molecule has 0 aliphatic heterocycles. The highest BCUT2D eigenvalue weighted by Gasteiger charge is 2.21. The van der Waals surface area contributed by atoms with Gasteiger partial charge in [0.1, 0.15) is 22.8 Å². The number of hydrogen-bond acceptors (Lipinski definition) is 6. The zero-order valence-electron chi connectivity index (χ0n) is 15.8. The van der Waals surface area contributed by atoms with Crippen LogP contribution in [0, 0.1) is 0 Å². The van der Waals surface area contributed by atoms with Crippen molar-refractivity contribution in [1.82, 2.24) is 5.32 Å². The van der Waals surface area contributed by atoms with E-state index in [4.69, 9.17) is 18.9 Å². The van der Waals surface area contributed by atoms with Crippen molar-refractivity contribution in [3.05, 3.63) is 53.6 Å². The Labute approximate surface area is 158 Å². The molecule has 2 aromatic carbocycles. The highest BCUT2D eigenvalue weighted by atomic mass is 16.5. The summed E-state index contributed by atoms with van der Waals surface area (Å²) in [6, 6.07) is 12.1. The summed E-state index contributed by atoms with van der Waals surface area (Å²) >= 11 is 0. The van der Waals surface area contributed by atoms with Crippen LogP contribution in [0.1, 0.15) is 22.8 Å². The Morgan fingerprint density at radius 1 is 0.926 bits per heavy atom. The third-order valence-electron chi connectivity index (χ3n) is 3.91. The van der Waals surface area contributed by atoms with Gasteiger partial charge in [0.15, 0.2) is 6.10 Å². The van der Waals surface area contributed by atoms with Gasteiger partial charge in [0.25, 0.3) is 5.91 Å². The number of hydrogen-bond donors (Lipinski definition) is 1. The van der Waals surface area contributed by atoms with Crippen LogP contribution >= 0.6 is 0 Å². The minimum absolute atomic E-state index is 0.187. The maximum atomic E-state index is 12.4. The lowest BCUT2D eigenvalue weighted by Crippen LogP contribution is -2.35. The minimum Gasteiger partial charge on any atom is -0.497 e. The number of rotatable bonds is 8. The topological polar surface area (TPSA) is 83.1 Å². The zero-order valence-corrected chi connectivity index (χ0v) is 15.8. The molecule has 144 valence electrons. The molecule has 7 nitrogen and oxygen atoms in total. The molecule has 0 fully saturated rings. The van der Waals surface area contributed by atoms with Gasteiger partial charge in [-0.25, -0.2) is 4.79 Å². The van der Waals surface area contributed by atoms with Gasteiger partial charge in [0.05, 0.1) is 21.3 Å². The number of carbonyl (C=O) groups excluding carboxylic acids is 2. The molecule has 0 spiro atoms. The first kappa shape index (κ1) is 20.1. The van der Waals surface area contributed by atoms with Crippen LogP contribution in [0.3, 0.4) is 0 Å². The van der Waals surface area contributed by atoms with Gasteiger partial charge in [0.2, 0.25) is 0 Å². The van der Waals surface area contributed by atoms with E-state index in [-0.39, 0.29) is 5.56 Å². The maximum Gasteiger partial charge on any atom is 0.342 e. The standard InChI is InChI=1S/C20H23NO6/c1-13(19(22)21-12-14-5-7-15(24-2)8-6-14)27-20(23)17-11-16(25-3)9-10-18(17)26-4/h5-11,13H,12H2,1-4H3,(H,21,22)/t13-/m0/s1. The molecular formula is C20H23NO6. The van der Waals surface area contributed by atoms with Crippen molar-refractivity contribution in [3.63, 3.8) is 0 Å². The Balaban J connectivity index is 1.95. The van der Waals surface area contributed by atoms with Gasteiger partial charge in [0, 0.05) is 6.54 Å². The predicted molar refractivity (Wildman–Crippen MR) is 99.3 cm³/mol. The van der Waals surface area contributed by atoms with E-state index in [1.165, 1.54) is 27.2 Å². The van der Waals surface area contributed by atoms with Crippen LogP contribution < -0.4 is 19.5 Å². The summed E-state index contributed by atoms with van der Waals surface area (Å²) in [5.74, 6) is 0.490. The largest absolute Gasteiger partial charge is 0.497 e. The molecule has 0 saturated carbocycles. The Hall–Kier alpha value is -3.22. The number of esters is 1. The normalized spacial score (nSPS) is 11.3. The molecule has 1 amide bonds. The van der Waals surface area contributed by atoms with Crippen LogP contribution in [0.25, 0.3) is 0 Å². The molecular weight excluding hydrogens is 350 g/mol. The Morgan fingerprint density at radius 2 is 1.56 bits per heavy atom. The first-order valence-electron chi connectivity index (χ1n) is 8.32. The van der Waals surface area contributed by atoms with Gasteiger partial charge in [-0.3, -0.25) is 4.79 Å². The van der Waals surface area contributed by atoms with Crippen molar-refractivity contribution < 1.29 is 28.5 Å². The molecule has 2 aromatic rings. The third-order valence-corrected chi connectivity index (χ3v) is 3.91. The van der Waals surface area contributed by atoms with Crippen LogP contribution in [0.5, 0.6) is 17.2 Å². The smallest absolute Gasteiger partial charge is 0.342 e. The number of methoxy groups -OCH3 is 3. The molecule has 1 atom stereocenters. The second kappa shape index (κ2) is 9.47. The maximum absolute atomic E-state index is 12.4. The fraction of sp³-hybridized carbons (Fsp3) is 0.300. The number of ether oxygens (including phenoxy) is 4. The Bertz CT molecular complexity index is 788. The lowest BCUT2D eigenvalue weighted by molar-refractivity contribution is -0.129. The van der Waals surface area contributed by atoms with Gasteiger partial charge in [-0.05, 0) is 42.8 Å². The van der Waals surface area contributed by atoms with E-state index in [2.05, 4.69) is 5.32 Å². The van der Waals surface area contributed by atoms with Gasteiger partial charge in [-0.2, -0.15) is 0 Å². The van der Waals surface area contributed by atoms with Crippen molar-refractivity contribution in [1.29, 1.82) is 0 Å². The number of carbonyl (C=O) groups is 2. The molecule has 7 heteroatoms. The summed E-state index contributed by atoms with van der Waals surface area (Å²) < 4.78 is 20.6. The molecule has 0 aliphatic carbocycles. The first-order chi connectivity index (χ1) is 13.0. The van der Waals surface area contributed by atoms with E-state index < -0.39 is 18.0 Å². The first-order valence-corrected chi connectivity index (χ1v) is 8.32. The molecule has 27 heavy (non-hydrogen) atoms. The lowest BCUT2D eigenvalue weighted by Gasteiger charge is -2.15. The predicted octanol–water partition coefficient (Wildman–Crippen LogP) is 2.57. The molecule has 0 aliphatic rings. The monoisotopic (exact) mass is 373 g/mol. The van der Waals surface area contributed by atoms with E-state index in [0.717, 1.165) is 11.3 Å². The fourth-order valence-corrected chi connectivity index (χ4v) is 2.33. The second-order valence-corrected chi connectivity index (χ2v) is 5.68. The van der Waals surface area contributed by atoms with Crippen molar-refractivity contribution in [2.24, 2.45) is 0 Å². The van der Waals surface area contributed by atoms with Crippen molar-refractivity contribution >= 4 is 11.9 Å². The van der Waals surface area contributed by atoms with Crippen molar-refractivity contribution in [3.8, 4) is 17.2 Å². The Kier molecular flexibility index (Phi) is 7.05. The molecule has 0 bridgehead atoms. The van der Waals surface area contributed by atoms with Crippen LogP contribution in [0.4, 0.5) is 0 Å². The summed E-state index contributed by atoms with van der Waals surface area (Å²) in [7, 11) is 4.53. The number of amides is 1. The summed E-state index contributed by atoms with van der Waals surface area (Å²) in [4.78, 5) is 24.6. The van der Waals surface area contributed by atoms with Crippen LogP contribution in [-0.4, -0.2) is 39.3 Å². The molecule has 0 saturated heterocycles. The fourth-order valence-electron chi connectivity index (χ4n) is 2.33. The van der Waals surface area contributed by atoms with Gasteiger partial charge >= 0.3 is 5.97 Å². The zero-order chi connectivity index (χ0) is 19.8. The Morgan fingerprint density at radius 3 is 2.15 bits per heavy atom. The van der Waals surface area contributed by atoms with Crippen LogP contribution in [0.15, 0.2) is 42.5 Å². The van der Waals surface area contributed by atoms with Crippen LogP contribution in [-0.2, 0) is 16.1 Å². The quantitative estimate of drug-likeness (QED) is 0.716. The molecule has 0 unspecified atom stereocenters. The van der Waals surface area contributed by atoms with Gasteiger partial charge in [-0.15, -0.1) is 0 Å². The van der Waals surface area contributed by atoms with E-state index >= 15 is 0 Å². The summed E-state index contributed by atoms with van der Waals surface area (Å²) in [6.45, 7) is 1.82.